The normalized spacial score (nSPS) is 11.8. The van der Waals surface area contributed by atoms with Gasteiger partial charge in [0.05, 0.1) is 21.0 Å². The zero-order valence-corrected chi connectivity index (χ0v) is 23.2. The molecule has 38 heavy (non-hydrogen) atoms. The Kier molecular flexibility index (Phi) is 8.00. The van der Waals surface area contributed by atoms with Gasteiger partial charge in [-0.15, -0.1) is 23.1 Å². The van der Waals surface area contributed by atoms with E-state index in [0.717, 1.165) is 21.2 Å². The van der Waals surface area contributed by atoms with E-state index in [4.69, 9.17) is 23.2 Å². The summed E-state index contributed by atoms with van der Waals surface area (Å²) in [5.41, 5.74) is 2.77. The fourth-order valence-electron chi connectivity index (χ4n) is 3.76. The van der Waals surface area contributed by atoms with Gasteiger partial charge in [0, 0.05) is 27.1 Å². The van der Waals surface area contributed by atoms with E-state index < -0.39 is 5.25 Å². The minimum atomic E-state index is -0.390. The number of rotatable bonds is 7. The smallest absolute Gasteiger partial charge is 0.255 e. The number of nitrogens with one attached hydrogen (secondary N) is 2. The Morgan fingerprint density at radius 3 is 2.50 bits per heavy atom. The van der Waals surface area contributed by atoms with Crippen molar-refractivity contribution in [1.82, 2.24) is 4.98 Å². The molecule has 2 amide bonds. The maximum Gasteiger partial charge on any atom is 0.255 e. The number of nitrogens with zero attached hydrogens (tertiary/aromatic N) is 1. The third kappa shape index (κ3) is 6.19. The summed E-state index contributed by atoms with van der Waals surface area (Å²) in [7, 11) is 0. The van der Waals surface area contributed by atoms with Crippen LogP contribution in [0.25, 0.3) is 22.0 Å². The number of halogens is 2. The van der Waals surface area contributed by atoms with E-state index in [1.807, 2.05) is 85.1 Å². The van der Waals surface area contributed by atoms with E-state index in [9.17, 15) is 9.59 Å². The molecule has 1 aromatic heterocycles. The average molecular weight is 579 g/mol. The highest BCUT2D eigenvalue weighted by Crippen LogP contribution is 2.31. The number of anilines is 2. The van der Waals surface area contributed by atoms with E-state index in [0.29, 0.717) is 32.1 Å². The van der Waals surface area contributed by atoms with Crippen LogP contribution in [0.2, 0.25) is 10.0 Å². The summed E-state index contributed by atoms with van der Waals surface area (Å²) in [5.74, 6) is -0.360. The molecule has 190 valence electrons. The maximum atomic E-state index is 12.8. The second-order valence-electron chi connectivity index (χ2n) is 8.46. The molecule has 1 atom stereocenters. The Bertz CT molecular complexity index is 1650. The predicted molar refractivity (Wildman–Crippen MR) is 160 cm³/mol. The van der Waals surface area contributed by atoms with Crippen LogP contribution in [0, 0.1) is 0 Å². The molecule has 9 heteroatoms. The summed E-state index contributed by atoms with van der Waals surface area (Å²) >= 11 is 14.8. The van der Waals surface area contributed by atoms with Crippen LogP contribution in [-0.4, -0.2) is 22.0 Å². The summed E-state index contributed by atoms with van der Waals surface area (Å²) in [6.07, 6.45) is 0. The van der Waals surface area contributed by atoms with Crippen LogP contribution >= 0.6 is 46.3 Å². The number of carbonyl (C=O) groups is 2. The molecule has 5 nitrogen and oxygen atoms in total. The average Bonchev–Trinajstić information content (AvgIpc) is 3.38. The third-order valence-corrected chi connectivity index (χ3v) is 8.33. The molecule has 1 heterocycles. The minimum Gasteiger partial charge on any atom is -0.322 e. The minimum absolute atomic E-state index is 0.171. The van der Waals surface area contributed by atoms with Crippen molar-refractivity contribution in [2.45, 2.75) is 17.1 Å². The molecule has 5 aromatic rings. The second kappa shape index (κ2) is 11.6. The van der Waals surface area contributed by atoms with Crippen LogP contribution < -0.4 is 10.6 Å². The van der Waals surface area contributed by atoms with E-state index in [1.54, 1.807) is 12.1 Å². The monoisotopic (exact) mass is 577 g/mol. The van der Waals surface area contributed by atoms with Crippen LogP contribution in [0.3, 0.4) is 0 Å². The van der Waals surface area contributed by atoms with Gasteiger partial charge in [0.2, 0.25) is 5.91 Å². The maximum absolute atomic E-state index is 12.8. The number of thioether (sulfide) groups is 1. The Balaban J connectivity index is 1.20. The molecule has 1 unspecified atom stereocenters. The van der Waals surface area contributed by atoms with Gasteiger partial charge in [-0.2, -0.15) is 0 Å². The zero-order valence-electron chi connectivity index (χ0n) is 20.1. The van der Waals surface area contributed by atoms with E-state index >= 15 is 0 Å². The summed E-state index contributed by atoms with van der Waals surface area (Å²) in [6.45, 7) is 1.83. The standard InChI is InChI=1S/C29H21Cl2N3O2S2/c1-17(27(35)34-29-33-26(16-37-29)20-11-12-24(30)25(31)14-20)38-23-8-4-7-22(15-23)32-28(36)21-10-9-18-5-2-3-6-19(18)13-21/h2-17H,1H3,(H,32,36)(H,33,34,35). The quantitative estimate of drug-likeness (QED) is 0.190. The first-order valence-electron chi connectivity index (χ1n) is 11.6. The van der Waals surface area contributed by atoms with Crippen molar-refractivity contribution < 1.29 is 9.59 Å². The van der Waals surface area contributed by atoms with Crippen molar-refractivity contribution >= 4 is 79.7 Å². The Labute approximate surface area is 238 Å². The van der Waals surface area contributed by atoms with Gasteiger partial charge >= 0.3 is 0 Å². The van der Waals surface area contributed by atoms with Gasteiger partial charge < -0.3 is 10.6 Å². The fraction of sp³-hybridized carbons (Fsp3) is 0.0690. The van der Waals surface area contributed by atoms with Crippen LogP contribution in [-0.2, 0) is 4.79 Å². The number of hydrogen-bond donors (Lipinski definition) is 2. The number of hydrogen-bond acceptors (Lipinski definition) is 5. The lowest BCUT2D eigenvalue weighted by Crippen LogP contribution is -2.22. The van der Waals surface area contributed by atoms with Gasteiger partial charge in [0.25, 0.3) is 5.91 Å². The molecule has 0 saturated carbocycles. The largest absolute Gasteiger partial charge is 0.322 e. The molecule has 0 aliphatic carbocycles. The van der Waals surface area contributed by atoms with Crippen LogP contribution in [0.5, 0.6) is 0 Å². The van der Waals surface area contributed by atoms with Crippen molar-refractivity contribution in [3.05, 3.63) is 106 Å². The molecule has 2 N–H and O–H groups in total. The van der Waals surface area contributed by atoms with E-state index in [2.05, 4.69) is 15.6 Å². The first-order chi connectivity index (χ1) is 18.4. The van der Waals surface area contributed by atoms with Gasteiger partial charge in [-0.25, -0.2) is 4.98 Å². The summed E-state index contributed by atoms with van der Waals surface area (Å²) < 4.78 is 0. The Morgan fingerprint density at radius 1 is 0.868 bits per heavy atom. The van der Waals surface area contributed by atoms with Crippen molar-refractivity contribution in [3.8, 4) is 11.3 Å². The van der Waals surface area contributed by atoms with Gasteiger partial charge in [0.15, 0.2) is 5.13 Å². The Morgan fingerprint density at radius 2 is 1.68 bits per heavy atom. The van der Waals surface area contributed by atoms with Crippen molar-refractivity contribution in [2.24, 2.45) is 0 Å². The third-order valence-electron chi connectivity index (χ3n) is 5.74. The molecule has 4 aromatic carbocycles. The zero-order chi connectivity index (χ0) is 26.6. The highest BCUT2D eigenvalue weighted by molar-refractivity contribution is 8.00. The number of amides is 2. The van der Waals surface area contributed by atoms with Crippen LogP contribution in [0.1, 0.15) is 17.3 Å². The molecule has 0 aliphatic heterocycles. The highest BCUT2D eigenvalue weighted by atomic mass is 35.5. The number of fused-ring (bicyclic) bond motifs is 1. The van der Waals surface area contributed by atoms with Gasteiger partial charge in [-0.1, -0.05) is 65.7 Å². The van der Waals surface area contributed by atoms with E-state index in [1.165, 1.54) is 23.1 Å². The number of carbonyl (C=O) groups excluding carboxylic acids is 2. The summed E-state index contributed by atoms with van der Waals surface area (Å²) in [6, 6.07) is 26.3. The lowest BCUT2D eigenvalue weighted by atomic mass is 10.1. The first-order valence-corrected chi connectivity index (χ1v) is 14.2. The molecule has 5 rings (SSSR count). The molecule has 0 radical (unpaired) electrons. The molecular weight excluding hydrogens is 557 g/mol. The molecule has 0 bridgehead atoms. The molecule has 0 aliphatic rings. The Hall–Kier alpha value is -3.36. The fourth-order valence-corrected chi connectivity index (χ4v) is 5.71. The summed E-state index contributed by atoms with van der Waals surface area (Å²) in [4.78, 5) is 31.0. The second-order valence-corrected chi connectivity index (χ2v) is 11.5. The van der Waals surface area contributed by atoms with Gasteiger partial charge in [0.1, 0.15) is 0 Å². The van der Waals surface area contributed by atoms with Crippen molar-refractivity contribution in [2.75, 3.05) is 10.6 Å². The number of thiazole rings is 1. The number of aromatic nitrogens is 1. The van der Waals surface area contributed by atoms with E-state index in [-0.39, 0.29) is 11.8 Å². The summed E-state index contributed by atoms with van der Waals surface area (Å²) in [5, 5.41) is 10.8. The first kappa shape index (κ1) is 26.3. The van der Waals surface area contributed by atoms with Crippen LogP contribution in [0.4, 0.5) is 10.8 Å². The highest BCUT2D eigenvalue weighted by Gasteiger charge is 2.17. The SMILES string of the molecule is CC(Sc1cccc(NC(=O)c2ccc3ccccc3c2)c1)C(=O)Nc1nc(-c2ccc(Cl)c(Cl)c2)cs1. The molecular formula is C29H21Cl2N3O2S2. The molecule has 0 saturated heterocycles. The lowest BCUT2D eigenvalue weighted by molar-refractivity contribution is -0.115. The van der Waals surface area contributed by atoms with Crippen LogP contribution in [0.15, 0.2) is 95.2 Å². The van der Waals surface area contributed by atoms with Gasteiger partial charge in [-0.3, -0.25) is 9.59 Å². The topological polar surface area (TPSA) is 71.1 Å². The number of benzene rings is 4. The predicted octanol–water partition coefficient (Wildman–Crippen LogP) is 8.64. The molecule has 0 spiro atoms. The van der Waals surface area contributed by atoms with Crippen molar-refractivity contribution in [3.63, 3.8) is 0 Å². The van der Waals surface area contributed by atoms with Gasteiger partial charge in [-0.05, 0) is 60.2 Å². The lowest BCUT2D eigenvalue weighted by Gasteiger charge is -2.12. The molecule has 0 fully saturated rings. The van der Waals surface area contributed by atoms with Crippen molar-refractivity contribution in [1.29, 1.82) is 0 Å².